The summed E-state index contributed by atoms with van der Waals surface area (Å²) < 4.78 is 1.41. The van der Waals surface area contributed by atoms with Crippen LogP contribution in [0.15, 0.2) is 36.7 Å². The van der Waals surface area contributed by atoms with Gasteiger partial charge in [0.1, 0.15) is 12.9 Å². The highest BCUT2D eigenvalue weighted by Gasteiger charge is 2.27. The Kier molecular flexibility index (Phi) is 4.97. The van der Waals surface area contributed by atoms with Crippen LogP contribution < -0.4 is 5.32 Å². The second-order valence-corrected chi connectivity index (χ2v) is 6.33. The van der Waals surface area contributed by atoms with Crippen LogP contribution in [0.4, 0.5) is 10.7 Å². The number of anilines is 1. The van der Waals surface area contributed by atoms with E-state index in [-0.39, 0.29) is 24.4 Å². The van der Waals surface area contributed by atoms with Crippen molar-refractivity contribution in [2.75, 3.05) is 32.5 Å². The van der Waals surface area contributed by atoms with Gasteiger partial charge in [0.25, 0.3) is 0 Å². The number of nitrogens with zero attached hydrogens (tertiary/aromatic N) is 5. The number of amides is 3. The lowest BCUT2D eigenvalue weighted by Gasteiger charge is -2.16. The van der Waals surface area contributed by atoms with Crippen LogP contribution >= 0.6 is 0 Å². The largest absolute Gasteiger partial charge is 0.347 e. The lowest BCUT2D eigenvalue weighted by atomic mass is 9.99. The summed E-state index contributed by atoms with van der Waals surface area (Å²) in [5.74, 6) is 0.475. The van der Waals surface area contributed by atoms with Gasteiger partial charge < -0.3 is 9.80 Å². The third-order valence-electron chi connectivity index (χ3n) is 4.30. The number of hydrogen-bond donors (Lipinski definition) is 1. The smallest absolute Gasteiger partial charge is 0.324 e. The standard InChI is InChI=1S/C17H22N6O2/c1-21(2)15(24)11-23-12-18-16(20-23)19-17(25)22-9-8-14(10-22)13-6-4-3-5-7-13/h3-7,12,14H,8-11H2,1-2H3,(H,19,20,25)/t14-/m1/s1. The number of carbonyl (C=O) groups excluding carboxylic acids is 2. The monoisotopic (exact) mass is 342 g/mol. The van der Waals surface area contributed by atoms with Gasteiger partial charge in [-0.1, -0.05) is 30.3 Å². The molecule has 1 saturated heterocycles. The second-order valence-electron chi connectivity index (χ2n) is 6.33. The molecular weight excluding hydrogens is 320 g/mol. The van der Waals surface area contributed by atoms with Gasteiger partial charge in [0.2, 0.25) is 11.9 Å². The molecule has 2 heterocycles. The first-order valence-corrected chi connectivity index (χ1v) is 8.23. The van der Waals surface area contributed by atoms with E-state index in [1.165, 1.54) is 21.5 Å². The molecule has 1 aliphatic rings. The quantitative estimate of drug-likeness (QED) is 0.910. The summed E-state index contributed by atoms with van der Waals surface area (Å²) >= 11 is 0. The normalized spacial score (nSPS) is 16.7. The molecule has 8 nitrogen and oxygen atoms in total. The van der Waals surface area contributed by atoms with Crippen LogP contribution in [-0.4, -0.2) is 63.7 Å². The van der Waals surface area contributed by atoms with E-state index < -0.39 is 0 Å². The molecule has 3 amide bonds. The molecule has 0 unspecified atom stereocenters. The zero-order valence-corrected chi connectivity index (χ0v) is 14.4. The minimum absolute atomic E-state index is 0.0898. The molecule has 0 aliphatic carbocycles. The summed E-state index contributed by atoms with van der Waals surface area (Å²) in [5.41, 5.74) is 1.25. The molecule has 1 aromatic carbocycles. The van der Waals surface area contributed by atoms with Crippen molar-refractivity contribution >= 4 is 17.9 Å². The first kappa shape index (κ1) is 16.9. The van der Waals surface area contributed by atoms with Gasteiger partial charge in [0.15, 0.2) is 0 Å². The van der Waals surface area contributed by atoms with Crippen molar-refractivity contribution in [3.8, 4) is 0 Å². The number of aromatic nitrogens is 3. The van der Waals surface area contributed by atoms with Crippen molar-refractivity contribution in [2.24, 2.45) is 0 Å². The summed E-state index contributed by atoms with van der Waals surface area (Å²) in [7, 11) is 3.36. The predicted octanol–water partition coefficient (Wildman–Crippen LogP) is 1.39. The summed E-state index contributed by atoms with van der Waals surface area (Å²) in [6.07, 6.45) is 2.38. The van der Waals surface area contributed by atoms with Gasteiger partial charge >= 0.3 is 6.03 Å². The summed E-state index contributed by atoms with van der Waals surface area (Å²) in [6.45, 7) is 1.47. The van der Waals surface area contributed by atoms with Crippen LogP contribution in [0.1, 0.15) is 17.9 Å². The first-order valence-electron chi connectivity index (χ1n) is 8.23. The maximum atomic E-state index is 12.4. The Hall–Kier alpha value is -2.90. The number of likely N-dealkylation sites (tertiary alicyclic amines) is 1. The molecular formula is C17H22N6O2. The van der Waals surface area contributed by atoms with Crippen molar-refractivity contribution in [3.05, 3.63) is 42.2 Å². The number of likely N-dealkylation sites (N-methyl/N-ethyl adjacent to an activating group) is 1. The number of urea groups is 1. The molecule has 1 atom stereocenters. The number of nitrogens with one attached hydrogen (secondary N) is 1. The highest BCUT2D eigenvalue weighted by atomic mass is 16.2. The fraction of sp³-hybridized carbons (Fsp3) is 0.412. The fourth-order valence-corrected chi connectivity index (χ4v) is 2.82. The van der Waals surface area contributed by atoms with Crippen LogP contribution in [0.3, 0.4) is 0 Å². The second kappa shape index (κ2) is 7.33. The Morgan fingerprint density at radius 1 is 1.28 bits per heavy atom. The van der Waals surface area contributed by atoms with Crippen molar-refractivity contribution in [2.45, 2.75) is 18.9 Å². The maximum absolute atomic E-state index is 12.4. The molecule has 1 aromatic heterocycles. The van der Waals surface area contributed by atoms with E-state index in [1.807, 2.05) is 18.2 Å². The number of benzene rings is 1. The van der Waals surface area contributed by atoms with E-state index in [2.05, 4.69) is 27.5 Å². The van der Waals surface area contributed by atoms with Crippen molar-refractivity contribution in [1.29, 1.82) is 0 Å². The highest BCUT2D eigenvalue weighted by Crippen LogP contribution is 2.27. The first-order chi connectivity index (χ1) is 12.0. The van der Waals surface area contributed by atoms with Crippen molar-refractivity contribution < 1.29 is 9.59 Å². The topological polar surface area (TPSA) is 83.4 Å². The van der Waals surface area contributed by atoms with E-state index in [0.29, 0.717) is 19.0 Å². The van der Waals surface area contributed by atoms with Crippen LogP contribution in [0.25, 0.3) is 0 Å². The number of rotatable bonds is 4. The number of hydrogen-bond acceptors (Lipinski definition) is 4. The minimum atomic E-state index is -0.213. The van der Waals surface area contributed by atoms with Gasteiger partial charge in [0, 0.05) is 33.1 Å². The fourth-order valence-electron chi connectivity index (χ4n) is 2.82. The summed E-state index contributed by atoms with van der Waals surface area (Å²) in [4.78, 5) is 31.3. The predicted molar refractivity (Wildman–Crippen MR) is 93.1 cm³/mol. The summed E-state index contributed by atoms with van der Waals surface area (Å²) in [6, 6.07) is 10.0. The Morgan fingerprint density at radius 3 is 2.76 bits per heavy atom. The zero-order valence-electron chi connectivity index (χ0n) is 14.4. The van der Waals surface area contributed by atoms with E-state index in [4.69, 9.17) is 0 Å². The van der Waals surface area contributed by atoms with E-state index >= 15 is 0 Å². The molecule has 0 radical (unpaired) electrons. The molecule has 132 valence electrons. The van der Waals surface area contributed by atoms with Crippen molar-refractivity contribution in [1.82, 2.24) is 24.6 Å². The zero-order chi connectivity index (χ0) is 17.8. The van der Waals surface area contributed by atoms with Gasteiger partial charge in [-0.05, 0) is 12.0 Å². The van der Waals surface area contributed by atoms with E-state index in [1.54, 1.807) is 19.0 Å². The molecule has 2 aromatic rings. The third kappa shape index (κ3) is 4.14. The Bertz CT molecular complexity index is 743. The molecule has 1 N–H and O–H groups in total. The maximum Gasteiger partial charge on any atom is 0.324 e. The average molecular weight is 342 g/mol. The third-order valence-corrected chi connectivity index (χ3v) is 4.30. The lowest BCUT2D eigenvalue weighted by molar-refractivity contribution is -0.129. The highest BCUT2D eigenvalue weighted by molar-refractivity contribution is 5.87. The molecule has 1 fully saturated rings. The molecule has 25 heavy (non-hydrogen) atoms. The van der Waals surface area contributed by atoms with Gasteiger partial charge in [-0.2, -0.15) is 0 Å². The van der Waals surface area contributed by atoms with E-state index in [0.717, 1.165) is 6.42 Å². The molecule has 0 spiro atoms. The minimum Gasteiger partial charge on any atom is -0.347 e. The van der Waals surface area contributed by atoms with Gasteiger partial charge in [-0.3, -0.25) is 10.1 Å². The van der Waals surface area contributed by atoms with E-state index in [9.17, 15) is 9.59 Å². The molecule has 8 heteroatoms. The van der Waals surface area contributed by atoms with Crippen LogP contribution in [0, 0.1) is 0 Å². The lowest BCUT2D eigenvalue weighted by Crippen LogP contribution is -2.33. The molecule has 3 rings (SSSR count). The summed E-state index contributed by atoms with van der Waals surface area (Å²) in [5, 5.41) is 6.82. The van der Waals surface area contributed by atoms with Gasteiger partial charge in [0.05, 0.1) is 0 Å². The Labute approximate surface area is 146 Å². The Balaban J connectivity index is 1.55. The molecule has 0 saturated carbocycles. The number of carbonyl (C=O) groups is 2. The SMILES string of the molecule is CN(C)C(=O)Cn1cnc(NC(=O)N2CC[C@@H](c3ccccc3)C2)n1. The van der Waals surface area contributed by atoms with Crippen LogP contribution in [0.2, 0.25) is 0 Å². The Morgan fingerprint density at radius 2 is 2.04 bits per heavy atom. The van der Waals surface area contributed by atoms with Crippen molar-refractivity contribution in [3.63, 3.8) is 0 Å². The van der Waals surface area contributed by atoms with Crippen LogP contribution in [-0.2, 0) is 11.3 Å². The molecule has 0 bridgehead atoms. The van der Waals surface area contributed by atoms with Crippen LogP contribution in [0.5, 0.6) is 0 Å². The van der Waals surface area contributed by atoms with Gasteiger partial charge in [-0.15, -0.1) is 5.10 Å². The average Bonchev–Trinajstić information content (AvgIpc) is 3.25. The van der Waals surface area contributed by atoms with Gasteiger partial charge in [-0.25, -0.2) is 14.5 Å². The molecule has 1 aliphatic heterocycles.